The second-order valence-electron chi connectivity index (χ2n) is 3.28. The van der Waals surface area contributed by atoms with Crippen molar-refractivity contribution < 1.29 is 4.74 Å². The SMILES string of the molecule is COc1ccc2c(c1)[C@@H](N)CCN2. The lowest BCUT2D eigenvalue weighted by Crippen LogP contribution is -2.22. The van der Waals surface area contributed by atoms with Crippen LogP contribution in [-0.4, -0.2) is 13.7 Å². The van der Waals surface area contributed by atoms with Crippen LogP contribution in [0.25, 0.3) is 0 Å². The number of hydrogen-bond donors (Lipinski definition) is 2. The monoisotopic (exact) mass is 178 g/mol. The van der Waals surface area contributed by atoms with E-state index < -0.39 is 0 Å². The molecule has 0 aliphatic carbocycles. The summed E-state index contributed by atoms with van der Waals surface area (Å²) in [7, 11) is 1.67. The van der Waals surface area contributed by atoms with E-state index in [1.165, 1.54) is 0 Å². The molecule has 1 aliphatic heterocycles. The molecule has 0 amide bonds. The first kappa shape index (κ1) is 8.38. The Morgan fingerprint density at radius 2 is 2.38 bits per heavy atom. The molecule has 0 radical (unpaired) electrons. The molecule has 0 unspecified atom stereocenters. The van der Waals surface area contributed by atoms with Gasteiger partial charge in [0.2, 0.25) is 0 Å². The molecule has 0 bridgehead atoms. The van der Waals surface area contributed by atoms with Crippen LogP contribution < -0.4 is 15.8 Å². The van der Waals surface area contributed by atoms with Gasteiger partial charge in [0.05, 0.1) is 7.11 Å². The molecule has 0 spiro atoms. The van der Waals surface area contributed by atoms with Crippen LogP contribution in [0.1, 0.15) is 18.0 Å². The summed E-state index contributed by atoms with van der Waals surface area (Å²) in [5.41, 5.74) is 8.27. The van der Waals surface area contributed by atoms with Gasteiger partial charge in [0.25, 0.3) is 0 Å². The molecule has 3 heteroatoms. The number of nitrogens with two attached hydrogens (primary N) is 1. The molecule has 1 aromatic rings. The summed E-state index contributed by atoms with van der Waals surface area (Å²) in [6.45, 7) is 0.959. The molecular weight excluding hydrogens is 164 g/mol. The highest BCUT2D eigenvalue weighted by molar-refractivity contribution is 5.57. The first-order chi connectivity index (χ1) is 6.31. The number of benzene rings is 1. The summed E-state index contributed by atoms with van der Waals surface area (Å²) in [5.74, 6) is 0.873. The van der Waals surface area contributed by atoms with Gasteiger partial charge >= 0.3 is 0 Å². The van der Waals surface area contributed by atoms with Crippen molar-refractivity contribution in [1.82, 2.24) is 0 Å². The Hall–Kier alpha value is -1.22. The molecule has 3 N–H and O–H groups in total. The van der Waals surface area contributed by atoms with Gasteiger partial charge in [0.15, 0.2) is 0 Å². The molecule has 1 aliphatic rings. The molecule has 0 saturated carbocycles. The summed E-state index contributed by atoms with van der Waals surface area (Å²) in [4.78, 5) is 0. The van der Waals surface area contributed by atoms with Crippen LogP contribution in [0.4, 0.5) is 5.69 Å². The first-order valence-electron chi connectivity index (χ1n) is 4.48. The summed E-state index contributed by atoms with van der Waals surface area (Å²) < 4.78 is 5.15. The normalized spacial score (nSPS) is 20.3. The highest BCUT2D eigenvalue weighted by atomic mass is 16.5. The molecule has 1 atom stereocenters. The van der Waals surface area contributed by atoms with E-state index in [1.807, 2.05) is 18.2 Å². The fourth-order valence-electron chi connectivity index (χ4n) is 1.65. The van der Waals surface area contributed by atoms with Gasteiger partial charge in [-0.25, -0.2) is 0 Å². The molecule has 1 aromatic carbocycles. The van der Waals surface area contributed by atoms with Gasteiger partial charge in [-0.15, -0.1) is 0 Å². The third-order valence-corrected chi connectivity index (χ3v) is 2.43. The first-order valence-corrected chi connectivity index (χ1v) is 4.48. The minimum Gasteiger partial charge on any atom is -0.497 e. The number of fused-ring (bicyclic) bond motifs is 1. The lowest BCUT2D eigenvalue weighted by Gasteiger charge is -2.24. The predicted molar refractivity (Wildman–Crippen MR) is 53.0 cm³/mol. The van der Waals surface area contributed by atoms with Crippen LogP contribution in [0, 0.1) is 0 Å². The number of hydrogen-bond acceptors (Lipinski definition) is 3. The zero-order valence-electron chi connectivity index (χ0n) is 7.71. The quantitative estimate of drug-likeness (QED) is 0.685. The van der Waals surface area contributed by atoms with E-state index in [2.05, 4.69) is 5.32 Å². The average molecular weight is 178 g/mol. The van der Waals surface area contributed by atoms with E-state index >= 15 is 0 Å². The highest BCUT2D eigenvalue weighted by Crippen LogP contribution is 2.30. The summed E-state index contributed by atoms with van der Waals surface area (Å²) >= 11 is 0. The van der Waals surface area contributed by atoms with Crippen LogP contribution >= 0.6 is 0 Å². The Bertz CT molecular complexity index is 312. The van der Waals surface area contributed by atoms with Crippen molar-refractivity contribution >= 4 is 5.69 Å². The molecule has 70 valence electrons. The van der Waals surface area contributed by atoms with Crippen LogP contribution in [0.15, 0.2) is 18.2 Å². The van der Waals surface area contributed by atoms with Gasteiger partial charge in [0.1, 0.15) is 5.75 Å². The standard InChI is InChI=1S/C10H14N2O/c1-13-7-2-3-10-8(6-7)9(11)4-5-12-10/h2-3,6,9,12H,4-5,11H2,1H3/t9-/m0/s1. The van der Waals surface area contributed by atoms with E-state index in [4.69, 9.17) is 10.5 Å². The molecule has 2 rings (SSSR count). The lowest BCUT2D eigenvalue weighted by atomic mass is 9.99. The van der Waals surface area contributed by atoms with Crippen molar-refractivity contribution in [1.29, 1.82) is 0 Å². The van der Waals surface area contributed by atoms with Crippen molar-refractivity contribution in [2.24, 2.45) is 5.73 Å². The van der Waals surface area contributed by atoms with Crippen molar-refractivity contribution in [2.45, 2.75) is 12.5 Å². The number of nitrogens with one attached hydrogen (secondary N) is 1. The number of ether oxygens (including phenoxy) is 1. The zero-order chi connectivity index (χ0) is 9.26. The van der Waals surface area contributed by atoms with Gasteiger partial charge in [-0.2, -0.15) is 0 Å². The Labute approximate surface area is 77.9 Å². The maximum Gasteiger partial charge on any atom is 0.119 e. The third kappa shape index (κ3) is 1.47. The summed E-state index contributed by atoms with van der Waals surface area (Å²) in [6, 6.07) is 6.12. The Kier molecular flexibility index (Phi) is 2.10. The molecule has 3 nitrogen and oxygen atoms in total. The van der Waals surface area contributed by atoms with E-state index in [-0.39, 0.29) is 6.04 Å². The Morgan fingerprint density at radius 3 is 3.15 bits per heavy atom. The van der Waals surface area contributed by atoms with E-state index in [0.29, 0.717) is 0 Å². The predicted octanol–water partition coefficient (Wildman–Crippen LogP) is 1.51. The Balaban J connectivity index is 2.41. The van der Waals surface area contributed by atoms with Crippen LogP contribution in [-0.2, 0) is 0 Å². The minimum absolute atomic E-state index is 0.145. The van der Waals surface area contributed by atoms with E-state index in [9.17, 15) is 0 Å². The van der Waals surface area contributed by atoms with Crippen LogP contribution in [0.3, 0.4) is 0 Å². The van der Waals surface area contributed by atoms with Crippen molar-refractivity contribution in [3.8, 4) is 5.75 Å². The topological polar surface area (TPSA) is 47.3 Å². The van der Waals surface area contributed by atoms with Crippen molar-refractivity contribution in [2.75, 3.05) is 19.0 Å². The van der Waals surface area contributed by atoms with E-state index in [1.54, 1.807) is 7.11 Å². The molecular formula is C10H14N2O. The lowest BCUT2D eigenvalue weighted by molar-refractivity contribution is 0.413. The zero-order valence-corrected chi connectivity index (χ0v) is 7.71. The molecule has 13 heavy (non-hydrogen) atoms. The Morgan fingerprint density at radius 1 is 1.54 bits per heavy atom. The van der Waals surface area contributed by atoms with Gasteiger partial charge < -0.3 is 15.8 Å². The molecule has 1 heterocycles. The molecule has 0 aromatic heterocycles. The van der Waals surface area contributed by atoms with Crippen LogP contribution in [0.2, 0.25) is 0 Å². The molecule has 0 fully saturated rings. The van der Waals surface area contributed by atoms with Crippen molar-refractivity contribution in [3.05, 3.63) is 23.8 Å². The fraction of sp³-hybridized carbons (Fsp3) is 0.400. The van der Waals surface area contributed by atoms with Gasteiger partial charge in [-0.05, 0) is 30.2 Å². The smallest absolute Gasteiger partial charge is 0.119 e. The van der Waals surface area contributed by atoms with Crippen LogP contribution in [0.5, 0.6) is 5.75 Å². The fourth-order valence-corrected chi connectivity index (χ4v) is 1.65. The van der Waals surface area contributed by atoms with Gasteiger partial charge in [-0.1, -0.05) is 0 Å². The second-order valence-corrected chi connectivity index (χ2v) is 3.28. The van der Waals surface area contributed by atoms with Gasteiger partial charge in [-0.3, -0.25) is 0 Å². The number of methoxy groups -OCH3 is 1. The number of rotatable bonds is 1. The minimum atomic E-state index is 0.145. The van der Waals surface area contributed by atoms with Gasteiger partial charge in [0, 0.05) is 18.3 Å². The maximum absolute atomic E-state index is 5.97. The van der Waals surface area contributed by atoms with E-state index in [0.717, 1.165) is 30.0 Å². The highest BCUT2D eigenvalue weighted by Gasteiger charge is 2.16. The summed E-state index contributed by atoms with van der Waals surface area (Å²) in [5, 5.41) is 3.31. The van der Waals surface area contributed by atoms with Crippen molar-refractivity contribution in [3.63, 3.8) is 0 Å². The summed E-state index contributed by atoms with van der Waals surface area (Å²) in [6.07, 6.45) is 0.986. The molecule has 0 saturated heterocycles. The second kappa shape index (κ2) is 3.26. The third-order valence-electron chi connectivity index (χ3n) is 2.43. The average Bonchev–Trinajstić information content (AvgIpc) is 2.18. The maximum atomic E-state index is 5.97. The number of anilines is 1. The largest absolute Gasteiger partial charge is 0.497 e.